The van der Waals surface area contributed by atoms with Gasteiger partial charge < -0.3 is 5.32 Å². The van der Waals surface area contributed by atoms with Crippen molar-refractivity contribution < 1.29 is 0 Å². The highest BCUT2D eigenvalue weighted by Crippen LogP contribution is 2.41. The average molecular weight is 274 g/mol. The number of hydrogen-bond acceptors (Lipinski definition) is 1. The van der Waals surface area contributed by atoms with Crippen molar-refractivity contribution in [1.82, 2.24) is 5.32 Å². The molecule has 1 aliphatic rings. The SMILES string of the molecule is CCCCNC1(c2ccc(Cl)cc2)CCC1.Cl. The van der Waals surface area contributed by atoms with Crippen LogP contribution in [-0.4, -0.2) is 6.54 Å². The van der Waals surface area contributed by atoms with E-state index in [2.05, 4.69) is 24.4 Å². The van der Waals surface area contributed by atoms with E-state index in [4.69, 9.17) is 11.6 Å². The normalized spacial score (nSPS) is 17.1. The minimum Gasteiger partial charge on any atom is -0.307 e. The summed E-state index contributed by atoms with van der Waals surface area (Å²) in [6.45, 7) is 3.36. The lowest BCUT2D eigenvalue weighted by Crippen LogP contribution is -2.48. The summed E-state index contributed by atoms with van der Waals surface area (Å²) in [4.78, 5) is 0. The van der Waals surface area contributed by atoms with Gasteiger partial charge in [0.05, 0.1) is 0 Å². The van der Waals surface area contributed by atoms with Gasteiger partial charge in [0, 0.05) is 10.6 Å². The minimum atomic E-state index is 0. The van der Waals surface area contributed by atoms with Crippen LogP contribution in [-0.2, 0) is 5.54 Å². The van der Waals surface area contributed by atoms with Gasteiger partial charge in [-0.15, -0.1) is 12.4 Å². The Balaban J connectivity index is 0.00000144. The van der Waals surface area contributed by atoms with E-state index in [9.17, 15) is 0 Å². The lowest BCUT2D eigenvalue weighted by molar-refractivity contribution is 0.185. The number of hydrogen-bond donors (Lipinski definition) is 1. The Morgan fingerprint density at radius 2 is 1.88 bits per heavy atom. The van der Waals surface area contributed by atoms with Gasteiger partial charge in [0.15, 0.2) is 0 Å². The minimum absolute atomic E-state index is 0. The molecule has 1 nitrogen and oxygen atoms in total. The molecule has 0 heterocycles. The summed E-state index contributed by atoms with van der Waals surface area (Å²) >= 11 is 5.93. The first-order valence-corrected chi connectivity index (χ1v) is 6.66. The molecule has 1 fully saturated rings. The Labute approximate surface area is 115 Å². The summed E-state index contributed by atoms with van der Waals surface area (Å²) < 4.78 is 0. The van der Waals surface area contributed by atoms with E-state index in [0.29, 0.717) is 0 Å². The molecule has 1 saturated carbocycles. The fraction of sp³-hybridized carbons (Fsp3) is 0.571. The van der Waals surface area contributed by atoms with Crippen LogP contribution < -0.4 is 5.32 Å². The molecule has 17 heavy (non-hydrogen) atoms. The standard InChI is InChI=1S/C14H20ClN.ClH/c1-2-3-11-16-14(9-4-10-14)12-5-7-13(15)8-6-12;/h5-8,16H,2-4,9-11H2,1H3;1H. The molecule has 0 aromatic heterocycles. The lowest BCUT2D eigenvalue weighted by atomic mass is 9.72. The Bertz CT molecular complexity index is 331. The third kappa shape index (κ3) is 3.37. The fourth-order valence-corrected chi connectivity index (χ4v) is 2.50. The van der Waals surface area contributed by atoms with Crippen LogP contribution in [0.5, 0.6) is 0 Å². The van der Waals surface area contributed by atoms with Crippen LogP contribution in [0.3, 0.4) is 0 Å². The van der Waals surface area contributed by atoms with Gasteiger partial charge >= 0.3 is 0 Å². The van der Waals surface area contributed by atoms with Crippen LogP contribution in [0.25, 0.3) is 0 Å². The summed E-state index contributed by atoms with van der Waals surface area (Å²) in [7, 11) is 0. The van der Waals surface area contributed by atoms with Gasteiger partial charge in [-0.3, -0.25) is 0 Å². The molecule has 1 N–H and O–H groups in total. The first-order chi connectivity index (χ1) is 7.77. The van der Waals surface area contributed by atoms with Crippen LogP contribution in [0.4, 0.5) is 0 Å². The van der Waals surface area contributed by atoms with E-state index in [1.165, 1.54) is 37.7 Å². The van der Waals surface area contributed by atoms with E-state index in [1.54, 1.807) is 0 Å². The molecule has 3 heteroatoms. The van der Waals surface area contributed by atoms with E-state index in [1.807, 2.05) is 12.1 Å². The second-order valence-electron chi connectivity index (χ2n) is 4.72. The van der Waals surface area contributed by atoms with Crippen molar-refractivity contribution in [2.24, 2.45) is 0 Å². The highest BCUT2D eigenvalue weighted by atomic mass is 35.5. The zero-order valence-corrected chi connectivity index (χ0v) is 11.9. The second kappa shape index (κ2) is 6.63. The summed E-state index contributed by atoms with van der Waals surface area (Å²) in [6.07, 6.45) is 6.37. The van der Waals surface area contributed by atoms with Crippen LogP contribution >= 0.6 is 24.0 Å². The molecular formula is C14H21Cl2N. The molecule has 0 bridgehead atoms. The lowest BCUT2D eigenvalue weighted by Gasteiger charge is -2.43. The van der Waals surface area contributed by atoms with Gasteiger partial charge in [0.1, 0.15) is 0 Å². The van der Waals surface area contributed by atoms with Crippen molar-refractivity contribution in [1.29, 1.82) is 0 Å². The monoisotopic (exact) mass is 273 g/mol. The zero-order chi connectivity index (χ0) is 11.4. The maximum absolute atomic E-state index is 5.93. The molecule has 0 atom stereocenters. The van der Waals surface area contributed by atoms with Gasteiger partial charge in [-0.25, -0.2) is 0 Å². The molecule has 0 unspecified atom stereocenters. The van der Waals surface area contributed by atoms with Gasteiger partial charge in [0.2, 0.25) is 0 Å². The van der Waals surface area contributed by atoms with Crippen molar-refractivity contribution in [3.05, 3.63) is 34.9 Å². The molecule has 1 aromatic rings. The van der Waals surface area contributed by atoms with Crippen molar-refractivity contribution in [3.63, 3.8) is 0 Å². The third-order valence-electron chi connectivity index (χ3n) is 3.60. The summed E-state index contributed by atoms with van der Waals surface area (Å²) in [6, 6.07) is 8.33. The van der Waals surface area contributed by atoms with Crippen molar-refractivity contribution in [2.45, 2.75) is 44.6 Å². The molecule has 0 radical (unpaired) electrons. The molecule has 2 rings (SSSR count). The Hall–Kier alpha value is -0.240. The molecule has 0 aliphatic heterocycles. The smallest absolute Gasteiger partial charge is 0.0434 e. The molecule has 1 aromatic carbocycles. The zero-order valence-electron chi connectivity index (χ0n) is 10.3. The Kier molecular flexibility index (Phi) is 5.78. The van der Waals surface area contributed by atoms with Crippen LogP contribution in [0.15, 0.2) is 24.3 Å². The predicted molar refractivity (Wildman–Crippen MR) is 77.1 cm³/mol. The molecule has 0 spiro atoms. The quantitative estimate of drug-likeness (QED) is 0.778. The number of benzene rings is 1. The van der Waals surface area contributed by atoms with E-state index in [0.717, 1.165) is 11.6 Å². The summed E-state index contributed by atoms with van der Waals surface area (Å²) in [5, 5.41) is 4.55. The summed E-state index contributed by atoms with van der Waals surface area (Å²) in [5.74, 6) is 0. The highest BCUT2D eigenvalue weighted by molar-refractivity contribution is 6.30. The average Bonchev–Trinajstić information content (AvgIpc) is 2.24. The van der Waals surface area contributed by atoms with Crippen molar-refractivity contribution in [3.8, 4) is 0 Å². The second-order valence-corrected chi connectivity index (χ2v) is 5.16. The number of nitrogens with one attached hydrogen (secondary N) is 1. The Morgan fingerprint density at radius 1 is 1.24 bits per heavy atom. The largest absolute Gasteiger partial charge is 0.307 e. The number of halogens is 2. The molecule has 96 valence electrons. The van der Waals surface area contributed by atoms with Crippen LogP contribution in [0, 0.1) is 0 Å². The van der Waals surface area contributed by atoms with Crippen molar-refractivity contribution in [2.75, 3.05) is 6.54 Å². The topological polar surface area (TPSA) is 12.0 Å². The van der Waals surface area contributed by atoms with E-state index in [-0.39, 0.29) is 17.9 Å². The predicted octanol–water partition coefficient (Wildman–Crippen LogP) is 4.53. The fourth-order valence-electron chi connectivity index (χ4n) is 2.37. The van der Waals surface area contributed by atoms with Gasteiger partial charge in [-0.1, -0.05) is 37.1 Å². The highest BCUT2D eigenvalue weighted by Gasteiger charge is 2.37. The first-order valence-electron chi connectivity index (χ1n) is 6.28. The van der Waals surface area contributed by atoms with Crippen LogP contribution in [0.1, 0.15) is 44.6 Å². The Morgan fingerprint density at radius 3 is 2.35 bits per heavy atom. The molecule has 0 saturated heterocycles. The molecule has 0 amide bonds. The van der Waals surface area contributed by atoms with Gasteiger partial charge in [-0.2, -0.15) is 0 Å². The molecular weight excluding hydrogens is 253 g/mol. The van der Waals surface area contributed by atoms with Gasteiger partial charge in [0.25, 0.3) is 0 Å². The maximum Gasteiger partial charge on any atom is 0.0434 e. The van der Waals surface area contributed by atoms with Gasteiger partial charge in [-0.05, 0) is 49.9 Å². The first kappa shape index (κ1) is 14.8. The number of unbranched alkanes of at least 4 members (excludes halogenated alkanes) is 1. The van der Waals surface area contributed by atoms with Crippen molar-refractivity contribution >= 4 is 24.0 Å². The van der Waals surface area contributed by atoms with E-state index < -0.39 is 0 Å². The van der Waals surface area contributed by atoms with Crippen LogP contribution in [0.2, 0.25) is 5.02 Å². The maximum atomic E-state index is 5.93. The summed E-state index contributed by atoms with van der Waals surface area (Å²) in [5.41, 5.74) is 1.65. The van der Waals surface area contributed by atoms with E-state index >= 15 is 0 Å². The molecule has 1 aliphatic carbocycles. The third-order valence-corrected chi connectivity index (χ3v) is 3.85. The number of rotatable bonds is 5.